The van der Waals surface area contributed by atoms with E-state index in [2.05, 4.69) is 86.5 Å². The van der Waals surface area contributed by atoms with Crippen LogP contribution in [0.2, 0.25) is 0 Å². The second-order valence-electron chi connectivity index (χ2n) is 32.7. The number of hydrogen-bond donors (Lipinski definition) is 0. The molecule has 30 rings (SSSR count). The van der Waals surface area contributed by atoms with Gasteiger partial charge in [-0.05, 0) is 164 Å². The van der Waals surface area contributed by atoms with Crippen molar-refractivity contribution >= 4 is 196 Å². The molecule has 0 N–H and O–H groups in total. The Labute approximate surface area is 825 Å². The average molecular weight is 1760 g/mol. The summed E-state index contributed by atoms with van der Waals surface area (Å²) in [7, 11) is 0. The van der Waals surface area contributed by atoms with Crippen molar-refractivity contribution < 1.29 is 49.3 Å². The van der Waals surface area contributed by atoms with Crippen molar-refractivity contribution in [3.8, 4) is 51.2 Å². The van der Waals surface area contributed by atoms with E-state index in [4.69, 9.17) is 32.9 Å². The van der Waals surface area contributed by atoms with Crippen LogP contribution in [-0.2, 0) is 0 Å². The van der Waals surface area contributed by atoms with Gasteiger partial charge in [-0.25, -0.2) is 0 Å². The summed E-state index contributed by atoms with van der Waals surface area (Å²) < 4.78 is 339. The fourth-order valence-electron chi connectivity index (χ4n) is 20.1. The van der Waals surface area contributed by atoms with Gasteiger partial charge in [0.1, 0.15) is 0 Å². The molecule has 0 radical (unpaired) electrons. The first kappa shape index (κ1) is 48.5. The van der Waals surface area contributed by atoms with Crippen molar-refractivity contribution in [2.45, 2.75) is 0 Å². The van der Waals surface area contributed by atoms with Gasteiger partial charge < -0.3 is 41.1 Å². The minimum Gasteiger partial charge on any atom is -0.309 e. The molecule has 0 aliphatic rings. The van der Waals surface area contributed by atoms with Crippen molar-refractivity contribution in [3.63, 3.8) is 0 Å². The zero-order valence-corrected chi connectivity index (χ0v) is 70.5. The summed E-state index contributed by atoms with van der Waals surface area (Å²) in [6, 6.07) is 67.8. The van der Waals surface area contributed by atoms with Crippen molar-refractivity contribution in [1.82, 2.24) is 41.1 Å². The first-order valence-electron chi connectivity index (χ1n) is 61.4. The van der Waals surface area contributed by atoms with E-state index in [1.807, 2.05) is 86.5 Å². The van der Waals surface area contributed by atoms with Crippen LogP contribution >= 0.6 is 0 Å². The third kappa shape index (κ3) is 11.6. The Morgan fingerprint density at radius 1 is 0.111 bits per heavy atom. The van der Waals surface area contributed by atoms with Gasteiger partial charge in [0.25, 0.3) is 0 Å². The minimum atomic E-state index is -0.785. The first-order chi connectivity index (χ1) is 81.9. The molecule has 630 valence electrons. The van der Waals surface area contributed by atoms with E-state index in [-0.39, 0.29) is 139 Å². The number of nitrogens with zero attached hydrogens (tertiary/aromatic N) is 9. The van der Waals surface area contributed by atoms with Crippen LogP contribution in [0.5, 0.6) is 0 Å². The highest BCUT2D eigenvalue weighted by Gasteiger charge is 2.26. The van der Waals surface area contributed by atoms with Gasteiger partial charge >= 0.3 is 0 Å². The van der Waals surface area contributed by atoms with Crippen molar-refractivity contribution in [2.24, 2.45) is 0 Å². The number of hydrogen-bond acceptors (Lipinski definition) is 0. The molecule has 0 saturated heterocycles. The normalized spacial score (nSPS) is 15.7. The largest absolute Gasteiger partial charge is 0.309 e. The van der Waals surface area contributed by atoms with Crippen molar-refractivity contribution in [1.29, 1.82) is 0 Å². The molecule has 0 atom stereocenters. The molecule has 0 saturated carbocycles. The van der Waals surface area contributed by atoms with Crippen LogP contribution in [0.3, 0.4) is 0 Å². The standard InChI is InChI=1S/3C42H27N3/c3*1-7-19-37-31(13-1)32-14-2-8-20-38(32)43(37)28-25-29(44-39-21-9-3-15-33(39)34-16-4-10-22-40(34)44)27-30(26-28)45-41-23-11-5-17-35(41)36-18-6-12-24-42(36)45/h3*1-27H/i1D,2D,3D,4D,5D,6D,7D,8D,9D,10D,11D,12D,13D,14D,15D,16D,17D,18D,19D,20D,21D,22D,23D,24D;1D,2D,3D,4D,5D,6D,25D,26D,27D;25D,26D,27D. The predicted molar refractivity (Wildman–Crippen MR) is 568 cm³/mol. The summed E-state index contributed by atoms with van der Waals surface area (Å²) in [5.74, 6) is 0. The summed E-state index contributed by atoms with van der Waals surface area (Å²) in [6.07, 6.45) is 0. The summed E-state index contributed by atoms with van der Waals surface area (Å²) in [4.78, 5) is 0. The highest BCUT2D eigenvalue weighted by molar-refractivity contribution is 6.18. The Morgan fingerprint density at radius 3 is 0.415 bits per heavy atom. The van der Waals surface area contributed by atoms with Crippen LogP contribution < -0.4 is 0 Å². The van der Waals surface area contributed by atoms with Crippen molar-refractivity contribution in [2.75, 3.05) is 0 Å². The van der Waals surface area contributed by atoms with E-state index in [0.717, 1.165) is 79.1 Å². The van der Waals surface area contributed by atoms with Crippen LogP contribution in [0.15, 0.2) is 491 Å². The second-order valence-corrected chi connectivity index (χ2v) is 32.7. The smallest absolute Gasteiger partial charge is 0.0667 e. The summed E-state index contributed by atoms with van der Waals surface area (Å²) in [5.41, 5.74) is 7.92. The lowest BCUT2D eigenvalue weighted by Gasteiger charge is -2.17. The molecule has 9 heterocycles. The lowest BCUT2D eigenvalue weighted by molar-refractivity contribution is 1.10. The van der Waals surface area contributed by atoms with Crippen molar-refractivity contribution in [3.05, 3.63) is 491 Å². The quantitative estimate of drug-likeness (QED) is 0.138. The summed E-state index contributed by atoms with van der Waals surface area (Å²) >= 11 is 0. The number of benzene rings is 21. The highest BCUT2D eigenvalue weighted by atomic mass is 15.1. The summed E-state index contributed by atoms with van der Waals surface area (Å²) in [5, 5.41) is 8.35. The van der Waals surface area contributed by atoms with Gasteiger partial charge in [-0.15, -0.1) is 0 Å². The molecule has 0 unspecified atom stereocenters. The van der Waals surface area contributed by atoms with Crippen LogP contribution in [0, 0.1) is 0 Å². The Bertz CT molecular complexity index is 10800. The highest BCUT2D eigenvalue weighted by Crippen LogP contribution is 2.46. The van der Waals surface area contributed by atoms with Crippen LogP contribution in [-0.4, -0.2) is 41.1 Å². The van der Waals surface area contributed by atoms with Gasteiger partial charge in [-0.2, -0.15) is 0 Å². The van der Waals surface area contributed by atoms with E-state index in [1.165, 1.54) is 18.2 Å². The lowest BCUT2D eigenvalue weighted by atomic mass is 10.2. The van der Waals surface area contributed by atoms with Gasteiger partial charge in [0, 0.05) is 97.0 Å². The molecule has 0 fully saturated rings. The Kier molecular flexibility index (Phi) is 10.8. The van der Waals surface area contributed by atoms with E-state index < -0.39 is 178 Å². The predicted octanol–water partition coefficient (Wildman–Crippen LogP) is 32.9. The number of para-hydroxylation sites is 18. The van der Waals surface area contributed by atoms with Gasteiger partial charge in [0.15, 0.2) is 0 Å². The molecule has 0 aliphatic carbocycles. The molecule has 0 amide bonds. The third-order valence-corrected chi connectivity index (χ3v) is 25.6. The van der Waals surface area contributed by atoms with E-state index >= 15 is 0 Å². The lowest BCUT2D eigenvalue weighted by Crippen LogP contribution is -2.03. The van der Waals surface area contributed by atoms with Crippen LogP contribution in [0.1, 0.15) is 49.3 Å². The molecule has 135 heavy (non-hydrogen) atoms. The summed E-state index contributed by atoms with van der Waals surface area (Å²) in [6.45, 7) is 0. The fraction of sp³-hybridized carbons (Fsp3) is 0. The Balaban J connectivity index is 0.000000121. The third-order valence-electron chi connectivity index (χ3n) is 25.6. The van der Waals surface area contributed by atoms with Gasteiger partial charge in [0.2, 0.25) is 0 Å². The molecule has 0 aliphatic heterocycles. The molecule has 9 heteroatoms. The van der Waals surface area contributed by atoms with E-state index in [0.29, 0.717) is 82.5 Å². The van der Waals surface area contributed by atoms with Gasteiger partial charge in [-0.3, -0.25) is 0 Å². The fourth-order valence-corrected chi connectivity index (χ4v) is 20.1. The van der Waals surface area contributed by atoms with E-state index in [9.17, 15) is 16.4 Å². The molecular formula is C126H81N9. The zero-order valence-electron chi connectivity index (χ0n) is 107. The molecule has 9 nitrogen and oxygen atoms in total. The number of fused-ring (bicyclic) bond motifs is 27. The van der Waals surface area contributed by atoms with E-state index in [1.54, 1.807) is 109 Å². The Morgan fingerprint density at radius 2 is 0.244 bits per heavy atom. The monoisotopic (exact) mass is 1760 g/mol. The first-order valence-corrected chi connectivity index (χ1v) is 43.4. The zero-order chi connectivity index (χ0) is 120. The molecule has 9 aromatic heterocycles. The maximum absolute atomic E-state index is 10.1. The molecular weight excluding hydrogens is 1640 g/mol. The molecule has 30 aromatic rings. The topological polar surface area (TPSA) is 44.4 Å². The van der Waals surface area contributed by atoms with Crippen LogP contribution in [0.4, 0.5) is 0 Å². The SMILES string of the molecule is [2H]c1c(-n2c3ccccc3c3ccccc32)c([2H])c(-n2c3ccccc3c3ccccc32)c([2H])c1-n1c2ccccc2c2ccccc21.[2H]c1c([2H])c([2H])c2c(c1[2H])c1c([2H])c([2H])c([2H])c([2H])c1n2-c1cc(-n2c3c([2H])c([2H])c([2H])c([2H])c3c3c([2H])c([2H])c([2H])c([2H])c32)cc(-n2c3c([2H])c([2H])c([2H])c([2H])c3c3c([2H])c([2H])c([2H])c([2H])c32)c1.[2H]c1ccc2c(c1)c1cc([2H])ccc1n2-c1c([2H])c(-n2c3ccc([2H])cc3c3cc([2H])ccc32)c([2H])c(-n2c3ccc([2H])cc3c3cc([2H])ccc32)c1[2H]. The van der Waals surface area contributed by atoms with Crippen LogP contribution in [0.25, 0.3) is 247 Å². The second kappa shape index (κ2) is 30.2. The molecule has 0 spiro atoms. The Hall–Kier alpha value is -18.2. The maximum Gasteiger partial charge on any atom is 0.0667 e. The number of aromatic nitrogens is 9. The van der Waals surface area contributed by atoms with Gasteiger partial charge in [0.05, 0.1) is 200 Å². The maximum atomic E-state index is 10.1. The minimum absolute atomic E-state index is 0.108. The molecule has 0 bridgehead atoms. The molecule has 21 aromatic carbocycles. The van der Waals surface area contributed by atoms with Gasteiger partial charge in [-0.1, -0.05) is 327 Å². The number of rotatable bonds is 9. The average Bonchev–Trinajstić information content (AvgIpc) is 1.54.